The van der Waals surface area contributed by atoms with Gasteiger partial charge in [0.25, 0.3) is 0 Å². The highest BCUT2D eigenvalue weighted by Gasteiger charge is 2.12. The zero-order valence-corrected chi connectivity index (χ0v) is 16.5. The maximum atomic E-state index is 12.1. The predicted molar refractivity (Wildman–Crippen MR) is 104 cm³/mol. The van der Waals surface area contributed by atoms with Crippen LogP contribution in [0.4, 0.5) is 0 Å². The monoisotopic (exact) mass is 373 g/mol. The van der Waals surface area contributed by atoms with E-state index in [1.54, 1.807) is 45.7 Å². The number of hydrogen-bond acceptors (Lipinski definition) is 5. The first kappa shape index (κ1) is 20.4. The SMILES string of the molecule is COc1cc(/C=C/C(=O)NCC(C)Cn2ccnc2C)cc(OC)c1OC. The van der Waals surface area contributed by atoms with Crippen LogP contribution >= 0.6 is 0 Å². The van der Waals surface area contributed by atoms with Crippen molar-refractivity contribution in [3.8, 4) is 17.2 Å². The minimum absolute atomic E-state index is 0.155. The fraction of sp³-hybridized carbons (Fsp3) is 0.400. The van der Waals surface area contributed by atoms with Crippen molar-refractivity contribution < 1.29 is 19.0 Å². The van der Waals surface area contributed by atoms with Crippen LogP contribution in [0.3, 0.4) is 0 Å². The maximum absolute atomic E-state index is 12.1. The van der Waals surface area contributed by atoms with Crippen LogP contribution < -0.4 is 19.5 Å². The van der Waals surface area contributed by atoms with E-state index in [0.717, 1.165) is 17.9 Å². The average molecular weight is 373 g/mol. The Hall–Kier alpha value is -2.96. The number of hydrogen-bond donors (Lipinski definition) is 1. The molecule has 1 atom stereocenters. The van der Waals surface area contributed by atoms with E-state index in [-0.39, 0.29) is 11.8 Å². The summed E-state index contributed by atoms with van der Waals surface area (Å²) in [5.74, 6) is 2.71. The van der Waals surface area contributed by atoms with Gasteiger partial charge in [0, 0.05) is 31.6 Å². The molecule has 1 aromatic carbocycles. The summed E-state index contributed by atoms with van der Waals surface area (Å²) in [7, 11) is 4.66. The molecular formula is C20H27N3O4. The van der Waals surface area contributed by atoms with Crippen molar-refractivity contribution >= 4 is 12.0 Å². The van der Waals surface area contributed by atoms with Crippen LogP contribution in [0.25, 0.3) is 6.08 Å². The molecule has 2 aromatic rings. The van der Waals surface area contributed by atoms with E-state index in [1.807, 2.05) is 13.1 Å². The van der Waals surface area contributed by atoms with E-state index in [2.05, 4.69) is 21.8 Å². The molecule has 0 aliphatic heterocycles. The summed E-state index contributed by atoms with van der Waals surface area (Å²) in [6.07, 6.45) is 6.93. The first-order valence-corrected chi connectivity index (χ1v) is 8.72. The normalized spacial score (nSPS) is 12.0. The minimum atomic E-state index is -0.155. The number of carbonyl (C=O) groups excluding carboxylic acids is 1. The van der Waals surface area contributed by atoms with Gasteiger partial charge in [-0.05, 0) is 36.6 Å². The largest absolute Gasteiger partial charge is 0.493 e. The number of aryl methyl sites for hydroxylation is 1. The number of nitrogens with one attached hydrogen (secondary N) is 1. The second-order valence-electron chi connectivity index (χ2n) is 6.27. The van der Waals surface area contributed by atoms with Gasteiger partial charge in [0.2, 0.25) is 11.7 Å². The summed E-state index contributed by atoms with van der Waals surface area (Å²) in [4.78, 5) is 16.3. The molecule has 1 unspecified atom stereocenters. The molecule has 0 saturated heterocycles. The van der Waals surface area contributed by atoms with Crippen LogP contribution in [0.5, 0.6) is 17.2 Å². The van der Waals surface area contributed by atoms with Crippen molar-refractivity contribution in [3.05, 3.63) is 42.0 Å². The number of amides is 1. The smallest absolute Gasteiger partial charge is 0.244 e. The molecule has 0 aliphatic carbocycles. The fourth-order valence-corrected chi connectivity index (χ4v) is 2.70. The Labute approximate surface area is 160 Å². The van der Waals surface area contributed by atoms with Crippen LogP contribution in [0.1, 0.15) is 18.3 Å². The van der Waals surface area contributed by atoms with Gasteiger partial charge in [-0.25, -0.2) is 4.98 Å². The molecule has 0 aliphatic rings. The van der Waals surface area contributed by atoms with E-state index < -0.39 is 0 Å². The molecule has 146 valence electrons. The third kappa shape index (κ3) is 5.51. The number of methoxy groups -OCH3 is 3. The molecule has 1 N–H and O–H groups in total. The van der Waals surface area contributed by atoms with Crippen molar-refractivity contribution in [3.63, 3.8) is 0 Å². The summed E-state index contributed by atoms with van der Waals surface area (Å²) in [6.45, 7) is 5.44. The average Bonchev–Trinajstić information content (AvgIpc) is 3.08. The summed E-state index contributed by atoms with van der Waals surface area (Å²) in [5, 5.41) is 2.92. The second-order valence-corrected chi connectivity index (χ2v) is 6.27. The lowest BCUT2D eigenvalue weighted by atomic mass is 10.1. The Kier molecular flexibility index (Phi) is 7.28. The zero-order chi connectivity index (χ0) is 19.8. The quantitative estimate of drug-likeness (QED) is 0.684. The fourth-order valence-electron chi connectivity index (χ4n) is 2.70. The lowest BCUT2D eigenvalue weighted by Gasteiger charge is -2.14. The predicted octanol–water partition coefficient (Wildman–Crippen LogP) is 2.68. The Morgan fingerprint density at radius 2 is 1.89 bits per heavy atom. The molecule has 7 nitrogen and oxygen atoms in total. The number of nitrogens with zero attached hydrogens (tertiary/aromatic N) is 2. The molecule has 2 rings (SSSR count). The van der Waals surface area contributed by atoms with E-state index in [1.165, 1.54) is 6.08 Å². The first-order valence-electron chi connectivity index (χ1n) is 8.72. The van der Waals surface area contributed by atoms with Gasteiger partial charge in [0.1, 0.15) is 5.82 Å². The third-order valence-electron chi connectivity index (χ3n) is 4.17. The van der Waals surface area contributed by atoms with Crippen molar-refractivity contribution in [1.82, 2.24) is 14.9 Å². The number of ether oxygens (including phenoxy) is 3. The Balaban J connectivity index is 1.95. The summed E-state index contributed by atoms with van der Waals surface area (Å²) in [6, 6.07) is 3.57. The molecule has 27 heavy (non-hydrogen) atoms. The topological polar surface area (TPSA) is 74.6 Å². The molecule has 1 aromatic heterocycles. The second kappa shape index (κ2) is 9.66. The maximum Gasteiger partial charge on any atom is 0.244 e. The zero-order valence-electron chi connectivity index (χ0n) is 16.5. The van der Waals surface area contributed by atoms with Gasteiger partial charge in [-0.15, -0.1) is 0 Å². The number of imidazole rings is 1. The highest BCUT2D eigenvalue weighted by Crippen LogP contribution is 2.38. The Bertz CT molecular complexity index is 773. The van der Waals surface area contributed by atoms with Gasteiger partial charge in [0.05, 0.1) is 21.3 Å². The van der Waals surface area contributed by atoms with Crippen LogP contribution in [0, 0.1) is 12.8 Å². The third-order valence-corrected chi connectivity index (χ3v) is 4.17. The van der Waals surface area contributed by atoms with Gasteiger partial charge in [-0.2, -0.15) is 0 Å². The van der Waals surface area contributed by atoms with E-state index in [0.29, 0.717) is 23.8 Å². The van der Waals surface area contributed by atoms with Crippen LogP contribution in [0.2, 0.25) is 0 Å². The number of rotatable bonds is 9. The number of carbonyl (C=O) groups is 1. The van der Waals surface area contributed by atoms with E-state index in [9.17, 15) is 4.79 Å². The van der Waals surface area contributed by atoms with Crippen molar-refractivity contribution in [2.24, 2.45) is 5.92 Å². The summed E-state index contributed by atoms with van der Waals surface area (Å²) >= 11 is 0. The molecule has 0 spiro atoms. The first-order chi connectivity index (χ1) is 13.0. The lowest BCUT2D eigenvalue weighted by Crippen LogP contribution is -2.28. The van der Waals surface area contributed by atoms with Crippen molar-refractivity contribution in [1.29, 1.82) is 0 Å². The van der Waals surface area contributed by atoms with E-state index >= 15 is 0 Å². The van der Waals surface area contributed by atoms with Crippen molar-refractivity contribution in [2.75, 3.05) is 27.9 Å². The van der Waals surface area contributed by atoms with Gasteiger partial charge in [0.15, 0.2) is 11.5 Å². The minimum Gasteiger partial charge on any atom is -0.493 e. The molecule has 7 heteroatoms. The van der Waals surface area contributed by atoms with Crippen LogP contribution in [-0.4, -0.2) is 43.3 Å². The van der Waals surface area contributed by atoms with Gasteiger partial charge in [-0.1, -0.05) is 6.92 Å². The highest BCUT2D eigenvalue weighted by molar-refractivity contribution is 5.91. The van der Waals surface area contributed by atoms with Gasteiger partial charge >= 0.3 is 0 Å². The van der Waals surface area contributed by atoms with Gasteiger partial charge < -0.3 is 24.1 Å². The van der Waals surface area contributed by atoms with Gasteiger partial charge in [-0.3, -0.25) is 4.79 Å². The molecule has 1 amide bonds. The number of benzene rings is 1. The summed E-state index contributed by atoms with van der Waals surface area (Å²) < 4.78 is 18.0. The molecule has 0 bridgehead atoms. The van der Waals surface area contributed by atoms with E-state index in [4.69, 9.17) is 14.2 Å². The van der Waals surface area contributed by atoms with Crippen molar-refractivity contribution in [2.45, 2.75) is 20.4 Å². The molecule has 0 fully saturated rings. The Morgan fingerprint density at radius 3 is 2.41 bits per heavy atom. The number of aromatic nitrogens is 2. The summed E-state index contributed by atoms with van der Waals surface area (Å²) in [5.41, 5.74) is 0.779. The lowest BCUT2D eigenvalue weighted by molar-refractivity contribution is -0.116. The standard InChI is InChI=1S/C20H27N3O4/c1-14(13-23-9-8-21-15(23)2)12-22-19(24)7-6-16-10-17(25-3)20(27-5)18(11-16)26-4/h6-11,14H,12-13H2,1-5H3,(H,22,24)/b7-6+. The highest BCUT2D eigenvalue weighted by atomic mass is 16.5. The Morgan fingerprint density at radius 1 is 1.22 bits per heavy atom. The van der Waals surface area contributed by atoms with Crippen LogP contribution in [-0.2, 0) is 11.3 Å². The molecule has 0 saturated carbocycles. The molecule has 0 radical (unpaired) electrons. The van der Waals surface area contributed by atoms with Crippen LogP contribution in [0.15, 0.2) is 30.6 Å². The molecule has 1 heterocycles. The molecular weight excluding hydrogens is 346 g/mol.